The first-order valence-electron chi connectivity index (χ1n) is 5.45. The second-order valence-corrected chi connectivity index (χ2v) is 4.82. The van der Waals surface area contributed by atoms with Gasteiger partial charge in [0.05, 0.1) is 0 Å². The van der Waals surface area contributed by atoms with E-state index >= 15 is 0 Å². The van der Waals surface area contributed by atoms with E-state index in [0.717, 1.165) is 19.1 Å². The van der Waals surface area contributed by atoms with Crippen LogP contribution in [-0.2, 0) is 0 Å². The molecule has 0 aromatic rings. The molecule has 1 heterocycles. The summed E-state index contributed by atoms with van der Waals surface area (Å²) in [7, 11) is 0. The molecular weight excluding hydrogens is 184 g/mol. The third-order valence-electron chi connectivity index (χ3n) is 3.25. The lowest BCUT2D eigenvalue weighted by Gasteiger charge is -2.38. The van der Waals surface area contributed by atoms with Gasteiger partial charge in [0.25, 0.3) is 0 Å². The molecule has 13 heavy (non-hydrogen) atoms. The van der Waals surface area contributed by atoms with Gasteiger partial charge in [0.15, 0.2) is 0 Å². The summed E-state index contributed by atoms with van der Waals surface area (Å²) in [6.07, 6.45) is 5.12. The van der Waals surface area contributed by atoms with Crippen molar-refractivity contribution in [1.29, 1.82) is 0 Å². The molecule has 2 unspecified atom stereocenters. The fourth-order valence-corrected chi connectivity index (χ4v) is 2.84. The Morgan fingerprint density at radius 3 is 2.62 bits per heavy atom. The Kier molecular flexibility index (Phi) is 3.47. The number of piperazine rings is 1. The third kappa shape index (κ3) is 2.58. The second kappa shape index (κ2) is 4.63. The molecule has 2 rings (SSSR count). The molecule has 1 saturated heterocycles. The zero-order valence-corrected chi connectivity index (χ0v) is 8.89. The van der Waals surface area contributed by atoms with Crippen LogP contribution in [0.15, 0.2) is 0 Å². The van der Waals surface area contributed by atoms with Crippen LogP contribution in [0.4, 0.5) is 0 Å². The quantitative estimate of drug-likeness (QED) is 0.648. The summed E-state index contributed by atoms with van der Waals surface area (Å²) < 4.78 is 0. The number of alkyl halides is 1. The summed E-state index contributed by atoms with van der Waals surface area (Å²) in [4.78, 5) is 2.62. The van der Waals surface area contributed by atoms with Gasteiger partial charge in [-0.2, -0.15) is 0 Å². The number of rotatable bonds is 1. The number of nitrogens with zero attached hydrogens (tertiary/aromatic N) is 1. The van der Waals surface area contributed by atoms with Gasteiger partial charge in [-0.3, -0.25) is 4.90 Å². The van der Waals surface area contributed by atoms with Crippen LogP contribution in [0, 0.1) is 0 Å². The first-order chi connectivity index (χ1) is 6.36. The molecule has 2 nitrogen and oxygen atoms in total. The monoisotopic (exact) mass is 202 g/mol. The highest BCUT2D eigenvalue weighted by Gasteiger charge is 2.26. The van der Waals surface area contributed by atoms with E-state index in [4.69, 9.17) is 11.6 Å². The molecule has 1 aliphatic carbocycles. The Labute approximate surface area is 85.6 Å². The normalized spacial score (nSPS) is 37.6. The van der Waals surface area contributed by atoms with Crippen molar-refractivity contribution in [1.82, 2.24) is 10.2 Å². The molecule has 0 aromatic carbocycles. The summed E-state index contributed by atoms with van der Waals surface area (Å²) in [6, 6.07) is 0.776. The van der Waals surface area contributed by atoms with Crippen molar-refractivity contribution in [3.8, 4) is 0 Å². The van der Waals surface area contributed by atoms with Crippen molar-refractivity contribution >= 4 is 11.6 Å². The standard InChI is InChI=1S/C10H19ClN2/c11-9-2-1-3-10(8-9)13-6-4-12-5-7-13/h9-10,12H,1-8H2. The Morgan fingerprint density at radius 2 is 1.92 bits per heavy atom. The molecule has 0 radical (unpaired) electrons. The Bertz CT molecular complexity index is 157. The summed E-state index contributed by atoms with van der Waals surface area (Å²) in [5, 5.41) is 3.83. The molecule has 0 amide bonds. The minimum absolute atomic E-state index is 0.439. The van der Waals surface area contributed by atoms with E-state index in [1.54, 1.807) is 0 Å². The topological polar surface area (TPSA) is 15.3 Å². The smallest absolute Gasteiger partial charge is 0.0351 e. The zero-order chi connectivity index (χ0) is 9.10. The van der Waals surface area contributed by atoms with E-state index < -0.39 is 0 Å². The Balaban J connectivity index is 1.83. The van der Waals surface area contributed by atoms with Gasteiger partial charge < -0.3 is 5.32 Å². The van der Waals surface area contributed by atoms with Crippen LogP contribution < -0.4 is 5.32 Å². The maximum atomic E-state index is 6.19. The van der Waals surface area contributed by atoms with E-state index in [0.29, 0.717) is 5.38 Å². The summed E-state index contributed by atoms with van der Waals surface area (Å²) in [6.45, 7) is 4.75. The summed E-state index contributed by atoms with van der Waals surface area (Å²) in [5.41, 5.74) is 0. The lowest BCUT2D eigenvalue weighted by molar-refractivity contribution is 0.140. The van der Waals surface area contributed by atoms with E-state index in [-0.39, 0.29) is 0 Å². The third-order valence-corrected chi connectivity index (χ3v) is 3.65. The molecule has 2 fully saturated rings. The fraction of sp³-hybridized carbons (Fsp3) is 1.00. The molecule has 1 saturated carbocycles. The zero-order valence-electron chi connectivity index (χ0n) is 8.14. The number of hydrogen-bond acceptors (Lipinski definition) is 2. The molecule has 0 aromatic heterocycles. The van der Waals surface area contributed by atoms with Gasteiger partial charge in [-0.05, 0) is 19.3 Å². The molecule has 1 N–H and O–H groups in total. The van der Waals surface area contributed by atoms with Crippen LogP contribution in [-0.4, -0.2) is 42.5 Å². The molecular formula is C10H19ClN2. The van der Waals surface area contributed by atoms with Crippen molar-refractivity contribution in [3.05, 3.63) is 0 Å². The van der Waals surface area contributed by atoms with Gasteiger partial charge in [0.1, 0.15) is 0 Å². The van der Waals surface area contributed by atoms with Gasteiger partial charge >= 0.3 is 0 Å². The van der Waals surface area contributed by atoms with Gasteiger partial charge in [0, 0.05) is 37.6 Å². The van der Waals surface area contributed by atoms with Gasteiger partial charge in [0.2, 0.25) is 0 Å². The van der Waals surface area contributed by atoms with Crippen molar-refractivity contribution in [2.75, 3.05) is 26.2 Å². The van der Waals surface area contributed by atoms with Crippen LogP contribution in [0.25, 0.3) is 0 Å². The molecule has 1 aliphatic heterocycles. The second-order valence-electron chi connectivity index (χ2n) is 4.20. The summed E-state index contributed by atoms with van der Waals surface area (Å²) >= 11 is 6.19. The van der Waals surface area contributed by atoms with Crippen LogP contribution in [0.1, 0.15) is 25.7 Å². The van der Waals surface area contributed by atoms with Gasteiger partial charge in [-0.1, -0.05) is 6.42 Å². The van der Waals surface area contributed by atoms with Crippen molar-refractivity contribution in [3.63, 3.8) is 0 Å². The lowest BCUT2D eigenvalue weighted by atomic mass is 9.93. The molecule has 2 aliphatic rings. The number of nitrogens with one attached hydrogen (secondary N) is 1. The van der Waals surface area contributed by atoms with Gasteiger partial charge in [-0.15, -0.1) is 11.6 Å². The average Bonchev–Trinajstić information content (AvgIpc) is 2.19. The van der Waals surface area contributed by atoms with E-state index in [2.05, 4.69) is 10.2 Å². The SMILES string of the molecule is ClC1CCCC(N2CCNCC2)C1. The molecule has 0 spiro atoms. The number of hydrogen-bond donors (Lipinski definition) is 1. The first-order valence-corrected chi connectivity index (χ1v) is 5.89. The number of halogens is 1. The summed E-state index contributed by atoms with van der Waals surface area (Å²) in [5.74, 6) is 0. The predicted molar refractivity (Wildman–Crippen MR) is 56.3 cm³/mol. The first kappa shape index (κ1) is 9.75. The van der Waals surface area contributed by atoms with Crippen molar-refractivity contribution in [2.24, 2.45) is 0 Å². The van der Waals surface area contributed by atoms with Crippen LogP contribution in [0.2, 0.25) is 0 Å². The average molecular weight is 203 g/mol. The van der Waals surface area contributed by atoms with Crippen molar-refractivity contribution in [2.45, 2.75) is 37.1 Å². The minimum atomic E-state index is 0.439. The molecule has 3 heteroatoms. The molecule has 0 bridgehead atoms. The minimum Gasteiger partial charge on any atom is -0.314 e. The maximum absolute atomic E-state index is 6.19. The maximum Gasteiger partial charge on any atom is 0.0351 e. The fourth-order valence-electron chi connectivity index (χ4n) is 2.48. The van der Waals surface area contributed by atoms with Crippen LogP contribution >= 0.6 is 11.6 Å². The Hall–Kier alpha value is 0.210. The molecule has 2 atom stereocenters. The van der Waals surface area contributed by atoms with E-state index in [9.17, 15) is 0 Å². The lowest BCUT2D eigenvalue weighted by Crippen LogP contribution is -2.49. The Morgan fingerprint density at radius 1 is 1.15 bits per heavy atom. The van der Waals surface area contributed by atoms with Crippen molar-refractivity contribution < 1.29 is 0 Å². The van der Waals surface area contributed by atoms with Gasteiger partial charge in [-0.25, -0.2) is 0 Å². The van der Waals surface area contributed by atoms with E-state index in [1.165, 1.54) is 38.8 Å². The highest BCUT2D eigenvalue weighted by molar-refractivity contribution is 6.20. The predicted octanol–water partition coefficient (Wildman–Crippen LogP) is 1.44. The highest BCUT2D eigenvalue weighted by atomic mass is 35.5. The van der Waals surface area contributed by atoms with E-state index in [1.807, 2.05) is 0 Å². The van der Waals surface area contributed by atoms with Crippen LogP contribution in [0.3, 0.4) is 0 Å². The molecule has 76 valence electrons. The highest BCUT2D eigenvalue weighted by Crippen LogP contribution is 2.26. The largest absolute Gasteiger partial charge is 0.314 e. The van der Waals surface area contributed by atoms with Crippen LogP contribution in [0.5, 0.6) is 0 Å².